The number of benzene rings is 1. The van der Waals surface area contributed by atoms with Gasteiger partial charge in [-0.05, 0) is 37.5 Å². The Balaban J connectivity index is 2.17. The lowest BCUT2D eigenvalue weighted by atomic mass is 10.0. The van der Waals surface area contributed by atoms with Gasteiger partial charge in [0, 0.05) is 11.9 Å². The van der Waals surface area contributed by atoms with Gasteiger partial charge in [0.15, 0.2) is 0 Å². The number of hydrogen-bond donors (Lipinski definition) is 2. The molecule has 0 aliphatic carbocycles. The Hall–Kier alpha value is -1.94. The molecule has 1 aromatic carbocycles. The quantitative estimate of drug-likeness (QED) is 0.892. The highest BCUT2D eigenvalue weighted by Crippen LogP contribution is 2.18. The van der Waals surface area contributed by atoms with Crippen LogP contribution < -0.4 is 5.32 Å². The average molecular weight is 300 g/mol. The largest absolute Gasteiger partial charge is 0.391 e. The van der Waals surface area contributed by atoms with Crippen molar-refractivity contribution in [2.24, 2.45) is 5.92 Å². The summed E-state index contributed by atoms with van der Waals surface area (Å²) < 4.78 is 0. The van der Waals surface area contributed by atoms with E-state index in [1.165, 1.54) is 0 Å². The predicted octanol–water partition coefficient (Wildman–Crippen LogP) is 2.99. The Bertz CT molecular complexity index is 682. The zero-order chi connectivity index (χ0) is 16.3. The molecule has 1 aromatic heterocycles. The summed E-state index contributed by atoms with van der Waals surface area (Å²) in [6, 6.07) is 7.86. The van der Waals surface area contributed by atoms with Gasteiger partial charge in [0.2, 0.25) is 0 Å². The lowest BCUT2D eigenvalue weighted by Crippen LogP contribution is -2.35. The number of carbonyl (C=O) groups excluding carboxylic acids is 1. The average Bonchev–Trinajstić information content (AvgIpc) is 2.50. The molecule has 4 heteroatoms. The molecule has 118 valence electrons. The van der Waals surface area contributed by atoms with E-state index in [9.17, 15) is 9.90 Å². The van der Waals surface area contributed by atoms with Gasteiger partial charge in [0.25, 0.3) is 5.91 Å². The minimum absolute atomic E-state index is 0.166. The normalized spacial score (nSPS) is 13.9. The minimum atomic E-state index is -0.523. The van der Waals surface area contributed by atoms with E-state index in [0.717, 1.165) is 22.9 Å². The molecule has 2 aromatic rings. The molecule has 1 heterocycles. The first-order chi connectivity index (χ1) is 10.4. The molecular formula is C18H24N2O2. The van der Waals surface area contributed by atoms with Gasteiger partial charge in [0.05, 0.1) is 22.9 Å². The van der Waals surface area contributed by atoms with Gasteiger partial charge in [0.1, 0.15) is 0 Å². The standard InChI is InChI=1S/C18H24N2O2/c1-5-12(3)17(21)10-19-18(22)15-9-14-7-6-11(2)8-16(14)20-13(15)4/h6-9,12,17,21H,5,10H2,1-4H3,(H,19,22). The van der Waals surface area contributed by atoms with Gasteiger partial charge in [-0.3, -0.25) is 9.78 Å². The molecule has 0 aliphatic heterocycles. The maximum absolute atomic E-state index is 12.3. The molecule has 2 rings (SSSR count). The first kappa shape index (κ1) is 16.4. The van der Waals surface area contributed by atoms with E-state index >= 15 is 0 Å². The third-order valence-electron chi connectivity index (χ3n) is 4.18. The molecular weight excluding hydrogens is 276 g/mol. The zero-order valence-corrected chi connectivity index (χ0v) is 13.7. The number of fused-ring (bicyclic) bond motifs is 1. The van der Waals surface area contributed by atoms with Crippen LogP contribution in [0.3, 0.4) is 0 Å². The second kappa shape index (κ2) is 6.88. The number of rotatable bonds is 5. The highest BCUT2D eigenvalue weighted by molar-refractivity contribution is 5.98. The highest BCUT2D eigenvalue weighted by atomic mass is 16.3. The van der Waals surface area contributed by atoms with Crippen LogP contribution in [0.25, 0.3) is 10.9 Å². The van der Waals surface area contributed by atoms with Gasteiger partial charge in [-0.25, -0.2) is 0 Å². The topological polar surface area (TPSA) is 62.2 Å². The number of nitrogens with one attached hydrogen (secondary N) is 1. The van der Waals surface area contributed by atoms with Crippen LogP contribution in [-0.4, -0.2) is 28.6 Å². The summed E-state index contributed by atoms with van der Waals surface area (Å²) in [5.74, 6) is -0.0195. The molecule has 2 unspecified atom stereocenters. The molecule has 1 amide bonds. The fraction of sp³-hybridized carbons (Fsp3) is 0.444. The van der Waals surface area contributed by atoms with Crippen molar-refractivity contribution in [1.29, 1.82) is 0 Å². The van der Waals surface area contributed by atoms with Crippen molar-refractivity contribution >= 4 is 16.8 Å². The minimum Gasteiger partial charge on any atom is -0.391 e. The first-order valence-corrected chi connectivity index (χ1v) is 7.76. The number of pyridine rings is 1. The lowest BCUT2D eigenvalue weighted by Gasteiger charge is -2.18. The van der Waals surface area contributed by atoms with Crippen molar-refractivity contribution in [3.63, 3.8) is 0 Å². The summed E-state index contributed by atoms with van der Waals surface area (Å²) in [7, 11) is 0. The van der Waals surface area contributed by atoms with Crippen molar-refractivity contribution in [3.05, 3.63) is 41.1 Å². The highest BCUT2D eigenvalue weighted by Gasteiger charge is 2.16. The van der Waals surface area contributed by atoms with Crippen LogP contribution in [0.15, 0.2) is 24.3 Å². The molecule has 22 heavy (non-hydrogen) atoms. The molecule has 2 N–H and O–H groups in total. The summed E-state index contributed by atoms with van der Waals surface area (Å²) >= 11 is 0. The third kappa shape index (κ3) is 3.63. The third-order valence-corrected chi connectivity index (χ3v) is 4.18. The molecule has 0 aliphatic rings. The second-order valence-corrected chi connectivity index (χ2v) is 5.98. The fourth-order valence-electron chi connectivity index (χ4n) is 2.37. The van der Waals surface area contributed by atoms with Crippen LogP contribution in [-0.2, 0) is 0 Å². The summed E-state index contributed by atoms with van der Waals surface area (Å²) in [6.07, 6.45) is 0.359. The van der Waals surface area contributed by atoms with Crippen molar-refractivity contribution in [2.75, 3.05) is 6.54 Å². The number of hydrogen-bond acceptors (Lipinski definition) is 3. The molecule has 0 saturated heterocycles. The van der Waals surface area contributed by atoms with Crippen LogP contribution >= 0.6 is 0 Å². The second-order valence-electron chi connectivity index (χ2n) is 5.98. The van der Waals surface area contributed by atoms with Gasteiger partial charge in [-0.2, -0.15) is 0 Å². The monoisotopic (exact) mass is 300 g/mol. The van der Waals surface area contributed by atoms with E-state index in [1.807, 2.05) is 52.0 Å². The van der Waals surface area contributed by atoms with Crippen LogP contribution in [0.2, 0.25) is 0 Å². The molecule has 0 spiro atoms. The Labute approximate surface area is 131 Å². The first-order valence-electron chi connectivity index (χ1n) is 7.76. The van der Waals surface area contributed by atoms with Crippen LogP contribution in [0.1, 0.15) is 41.9 Å². The number of aromatic nitrogens is 1. The Kier molecular flexibility index (Phi) is 5.14. The Morgan fingerprint density at radius 2 is 2.05 bits per heavy atom. The van der Waals surface area contributed by atoms with E-state index in [2.05, 4.69) is 10.3 Å². The number of nitrogens with zero attached hydrogens (tertiary/aromatic N) is 1. The van der Waals surface area contributed by atoms with E-state index < -0.39 is 6.10 Å². The molecule has 0 radical (unpaired) electrons. The number of amides is 1. The number of aliphatic hydroxyl groups is 1. The van der Waals surface area contributed by atoms with Gasteiger partial charge in [-0.15, -0.1) is 0 Å². The lowest BCUT2D eigenvalue weighted by molar-refractivity contribution is 0.0849. The number of aryl methyl sites for hydroxylation is 2. The van der Waals surface area contributed by atoms with E-state index in [-0.39, 0.29) is 18.4 Å². The summed E-state index contributed by atoms with van der Waals surface area (Å²) in [6.45, 7) is 8.12. The SMILES string of the molecule is CCC(C)C(O)CNC(=O)c1cc2ccc(C)cc2nc1C. The van der Waals surface area contributed by atoms with Crippen LogP contribution in [0.4, 0.5) is 0 Å². The van der Waals surface area contributed by atoms with E-state index in [4.69, 9.17) is 0 Å². The van der Waals surface area contributed by atoms with E-state index in [0.29, 0.717) is 11.3 Å². The predicted molar refractivity (Wildman–Crippen MR) is 89.0 cm³/mol. The van der Waals surface area contributed by atoms with Gasteiger partial charge >= 0.3 is 0 Å². The summed E-state index contributed by atoms with van der Waals surface area (Å²) in [5.41, 5.74) is 3.31. The molecule has 0 fully saturated rings. The summed E-state index contributed by atoms with van der Waals surface area (Å²) in [4.78, 5) is 16.8. The van der Waals surface area contributed by atoms with Gasteiger partial charge < -0.3 is 10.4 Å². The maximum atomic E-state index is 12.3. The molecule has 0 saturated carbocycles. The van der Waals surface area contributed by atoms with Crippen LogP contribution in [0, 0.1) is 19.8 Å². The zero-order valence-electron chi connectivity index (χ0n) is 13.7. The fourth-order valence-corrected chi connectivity index (χ4v) is 2.37. The van der Waals surface area contributed by atoms with Crippen LogP contribution in [0.5, 0.6) is 0 Å². The Morgan fingerprint density at radius 1 is 1.32 bits per heavy atom. The Morgan fingerprint density at radius 3 is 2.73 bits per heavy atom. The van der Waals surface area contributed by atoms with Gasteiger partial charge in [-0.1, -0.05) is 32.4 Å². The molecule has 4 nitrogen and oxygen atoms in total. The van der Waals surface area contributed by atoms with Crippen molar-refractivity contribution in [1.82, 2.24) is 10.3 Å². The number of carbonyl (C=O) groups is 1. The summed E-state index contributed by atoms with van der Waals surface area (Å²) in [5, 5.41) is 13.7. The smallest absolute Gasteiger partial charge is 0.253 e. The van der Waals surface area contributed by atoms with Crippen molar-refractivity contribution in [2.45, 2.75) is 40.2 Å². The van der Waals surface area contributed by atoms with Crippen molar-refractivity contribution < 1.29 is 9.90 Å². The molecule has 0 bridgehead atoms. The van der Waals surface area contributed by atoms with Crippen molar-refractivity contribution in [3.8, 4) is 0 Å². The maximum Gasteiger partial charge on any atom is 0.253 e. The number of aliphatic hydroxyl groups excluding tert-OH is 1. The van der Waals surface area contributed by atoms with E-state index in [1.54, 1.807) is 0 Å². The molecule has 2 atom stereocenters.